The van der Waals surface area contributed by atoms with Crippen LogP contribution in [0.3, 0.4) is 0 Å². The molecule has 19 heavy (non-hydrogen) atoms. The van der Waals surface area contributed by atoms with Crippen LogP contribution in [0.25, 0.3) is 10.2 Å². The Morgan fingerprint density at radius 1 is 1.11 bits per heavy atom. The predicted molar refractivity (Wildman–Crippen MR) is 74.0 cm³/mol. The molecule has 0 spiro atoms. The van der Waals surface area contributed by atoms with Gasteiger partial charge in [-0.3, -0.25) is 0 Å². The van der Waals surface area contributed by atoms with Crippen molar-refractivity contribution in [2.45, 2.75) is 6.92 Å². The van der Waals surface area contributed by atoms with Crippen LogP contribution in [-0.4, -0.2) is 4.98 Å². The molecular weight excluding hydrogens is 266 g/mol. The number of benzene rings is 2. The summed E-state index contributed by atoms with van der Waals surface area (Å²) in [7, 11) is 0. The molecule has 0 bridgehead atoms. The lowest BCUT2D eigenvalue weighted by molar-refractivity contribution is 0.630. The van der Waals surface area contributed by atoms with Gasteiger partial charge in [0.2, 0.25) is 0 Å². The summed E-state index contributed by atoms with van der Waals surface area (Å²) in [6.07, 6.45) is 0. The number of nitrogens with one attached hydrogen (secondary N) is 1. The SMILES string of the molecule is Cc1ccc(F)c(Nc2nc3ccc(F)cc3s2)c1. The van der Waals surface area contributed by atoms with Gasteiger partial charge in [0.1, 0.15) is 11.6 Å². The van der Waals surface area contributed by atoms with Gasteiger partial charge in [-0.25, -0.2) is 13.8 Å². The van der Waals surface area contributed by atoms with Gasteiger partial charge in [-0.2, -0.15) is 0 Å². The van der Waals surface area contributed by atoms with Crippen molar-refractivity contribution in [3.8, 4) is 0 Å². The molecule has 1 heterocycles. The van der Waals surface area contributed by atoms with Crippen LogP contribution in [0.5, 0.6) is 0 Å². The molecule has 0 aliphatic rings. The van der Waals surface area contributed by atoms with Gasteiger partial charge in [0.25, 0.3) is 0 Å². The van der Waals surface area contributed by atoms with Crippen LogP contribution >= 0.6 is 11.3 Å². The second-order valence-corrected chi connectivity index (χ2v) is 5.27. The first-order valence-corrected chi connectivity index (χ1v) is 6.53. The highest BCUT2D eigenvalue weighted by Gasteiger charge is 2.08. The molecule has 0 fully saturated rings. The van der Waals surface area contributed by atoms with Crippen molar-refractivity contribution in [1.82, 2.24) is 4.98 Å². The van der Waals surface area contributed by atoms with Gasteiger partial charge >= 0.3 is 0 Å². The summed E-state index contributed by atoms with van der Waals surface area (Å²) >= 11 is 1.29. The molecule has 0 aliphatic heterocycles. The van der Waals surface area contributed by atoms with Crippen LogP contribution in [0.2, 0.25) is 0 Å². The van der Waals surface area contributed by atoms with E-state index in [4.69, 9.17) is 0 Å². The third-order valence-electron chi connectivity index (χ3n) is 2.71. The first-order chi connectivity index (χ1) is 9.11. The van der Waals surface area contributed by atoms with Crippen LogP contribution in [-0.2, 0) is 0 Å². The average molecular weight is 276 g/mol. The Hall–Kier alpha value is -2.01. The van der Waals surface area contributed by atoms with Gasteiger partial charge in [0, 0.05) is 0 Å². The molecule has 0 aliphatic carbocycles. The van der Waals surface area contributed by atoms with Gasteiger partial charge in [0.15, 0.2) is 5.13 Å². The monoisotopic (exact) mass is 276 g/mol. The first kappa shape index (κ1) is 12.0. The van der Waals surface area contributed by atoms with E-state index in [-0.39, 0.29) is 11.6 Å². The van der Waals surface area contributed by atoms with Gasteiger partial charge in [-0.15, -0.1) is 0 Å². The summed E-state index contributed by atoms with van der Waals surface area (Å²) < 4.78 is 27.4. The minimum absolute atomic E-state index is 0.301. The fraction of sp³-hybridized carbons (Fsp3) is 0.0714. The van der Waals surface area contributed by atoms with E-state index in [0.717, 1.165) is 10.3 Å². The van der Waals surface area contributed by atoms with Crippen molar-refractivity contribution < 1.29 is 8.78 Å². The molecule has 1 aromatic heterocycles. The van der Waals surface area contributed by atoms with Crippen LogP contribution in [0.1, 0.15) is 5.56 Å². The molecule has 0 atom stereocenters. The lowest BCUT2D eigenvalue weighted by Gasteiger charge is -2.04. The number of aryl methyl sites for hydroxylation is 1. The minimum Gasteiger partial charge on any atom is -0.329 e. The minimum atomic E-state index is -0.337. The van der Waals surface area contributed by atoms with Crippen LogP contribution in [0.4, 0.5) is 19.6 Å². The lowest BCUT2D eigenvalue weighted by atomic mass is 10.2. The fourth-order valence-corrected chi connectivity index (χ4v) is 2.71. The third-order valence-corrected chi connectivity index (χ3v) is 3.65. The average Bonchev–Trinajstić information content (AvgIpc) is 2.75. The summed E-state index contributed by atoms with van der Waals surface area (Å²) in [5.41, 5.74) is 2.03. The van der Waals surface area contributed by atoms with Crippen molar-refractivity contribution in [3.05, 3.63) is 53.6 Å². The summed E-state index contributed by atoms with van der Waals surface area (Å²) in [4.78, 5) is 4.29. The zero-order valence-corrected chi connectivity index (χ0v) is 10.9. The molecule has 0 saturated carbocycles. The van der Waals surface area contributed by atoms with Gasteiger partial charge in [-0.05, 0) is 42.8 Å². The summed E-state index contributed by atoms with van der Waals surface area (Å²) in [6, 6.07) is 9.21. The number of aromatic nitrogens is 1. The van der Waals surface area contributed by atoms with Crippen LogP contribution in [0.15, 0.2) is 36.4 Å². The second kappa shape index (κ2) is 4.59. The number of rotatable bonds is 2. The van der Waals surface area contributed by atoms with E-state index in [9.17, 15) is 8.78 Å². The highest BCUT2D eigenvalue weighted by molar-refractivity contribution is 7.22. The second-order valence-electron chi connectivity index (χ2n) is 4.24. The molecule has 0 unspecified atom stereocenters. The molecular formula is C14H10F2N2S. The molecule has 3 aromatic rings. The topological polar surface area (TPSA) is 24.9 Å². The van der Waals surface area contributed by atoms with E-state index in [1.54, 1.807) is 18.2 Å². The van der Waals surface area contributed by atoms with Gasteiger partial charge in [-0.1, -0.05) is 17.4 Å². The smallest absolute Gasteiger partial charge is 0.188 e. The molecule has 0 saturated heterocycles. The maximum Gasteiger partial charge on any atom is 0.188 e. The lowest BCUT2D eigenvalue weighted by Crippen LogP contribution is -1.93. The Balaban J connectivity index is 1.98. The molecule has 1 N–H and O–H groups in total. The van der Waals surface area contributed by atoms with Crippen molar-refractivity contribution in [3.63, 3.8) is 0 Å². The Labute approximate surface area is 112 Å². The highest BCUT2D eigenvalue weighted by atomic mass is 32.1. The van der Waals surface area contributed by atoms with Crippen molar-refractivity contribution >= 4 is 32.4 Å². The normalized spacial score (nSPS) is 10.9. The zero-order valence-electron chi connectivity index (χ0n) is 10.1. The van der Waals surface area contributed by atoms with Gasteiger partial charge in [0.05, 0.1) is 15.9 Å². The highest BCUT2D eigenvalue weighted by Crippen LogP contribution is 2.29. The number of nitrogens with zero attached hydrogens (tertiary/aromatic N) is 1. The molecule has 3 rings (SSSR count). The van der Waals surface area contributed by atoms with Crippen molar-refractivity contribution in [2.75, 3.05) is 5.32 Å². The number of hydrogen-bond donors (Lipinski definition) is 1. The number of thiazole rings is 1. The Kier molecular flexibility index (Phi) is 2.91. The molecule has 96 valence electrons. The number of halogens is 2. The molecule has 2 aromatic carbocycles. The van der Waals surface area contributed by atoms with Crippen molar-refractivity contribution in [2.24, 2.45) is 0 Å². The van der Waals surface area contributed by atoms with E-state index in [1.807, 2.05) is 6.92 Å². The number of fused-ring (bicyclic) bond motifs is 1. The molecule has 5 heteroatoms. The maximum atomic E-state index is 13.6. The Morgan fingerprint density at radius 3 is 2.79 bits per heavy atom. The summed E-state index contributed by atoms with van der Waals surface area (Å²) in [6.45, 7) is 1.89. The quantitative estimate of drug-likeness (QED) is 0.738. The number of anilines is 2. The Morgan fingerprint density at radius 2 is 1.95 bits per heavy atom. The standard InChI is InChI=1S/C14H10F2N2S/c1-8-2-4-10(16)12(6-8)18-14-17-11-5-3-9(15)7-13(11)19-14/h2-7H,1H3,(H,17,18). The Bertz CT molecular complexity index is 752. The fourth-order valence-electron chi connectivity index (χ4n) is 1.80. The third kappa shape index (κ3) is 2.42. The molecule has 0 radical (unpaired) electrons. The van der Waals surface area contributed by atoms with Crippen molar-refractivity contribution in [1.29, 1.82) is 0 Å². The largest absolute Gasteiger partial charge is 0.329 e. The van der Waals surface area contributed by atoms with Crippen LogP contribution in [0, 0.1) is 18.6 Å². The maximum absolute atomic E-state index is 13.6. The molecule has 0 amide bonds. The van der Waals surface area contributed by atoms with Crippen LogP contribution < -0.4 is 5.32 Å². The van der Waals surface area contributed by atoms with E-state index in [1.165, 1.54) is 29.5 Å². The van der Waals surface area contributed by atoms with E-state index in [0.29, 0.717) is 16.3 Å². The first-order valence-electron chi connectivity index (χ1n) is 5.71. The molecule has 2 nitrogen and oxygen atoms in total. The van der Waals surface area contributed by atoms with E-state index in [2.05, 4.69) is 10.3 Å². The summed E-state index contributed by atoms with van der Waals surface area (Å²) in [5, 5.41) is 3.48. The summed E-state index contributed by atoms with van der Waals surface area (Å²) in [5.74, 6) is -0.638. The predicted octanol–water partition coefficient (Wildman–Crippen LogP) is 4.63. The zero-order chi connectivity index (χ0) is 13.4. The van der Waals surface area contributed by atoms with E-state index < -0.39 is 0 Å². The van der Waals surface area contributed by atoms with E-state index >= 15 is 0 Å². The number of hydrogen-bond acceptors (Lipinski definition) is 3. The van der Waals surface area contributed by atoms with Gasteiger partial charge < -0.3 is 5.32 Å².